The molecule has 120 valence electrons. The van der Waals surface area contributed by atoms with Crippen molar-refractivity contribution in [3.8, 4) is 17.1 Å². The molecule has 0 radical (unpaired) electrons. The molecule has 3 heterocycles. The highest BCUT2D eigenvalue weighted by atomic mass is 35.5. The minimum absolute atomic E-state index is 0. The summed E-state index contributed by atoms with van der Waals surface area (Å²) in [6, 6.07) is 4.23. The molecular weight excluding hydrogens is 306 g/mol. The normalized spacial score (nSPS) is 16.7. The van der Waals surface area contributed by atoms with Crippen LogP contribution < -0.4 is 10.1 Å². The van der Waals surface area contributed by atoms with Gasteiger partial charge in [-0.25, -0.2) is 0 Å². The summed E-state index contributed by atoms with van der Waals surface area (Å²) >= 11 is 0. The molecule has 0 unspecified atom stereocenters. The van der Waals surface area contributed by atoms with E-state index in [1.165, 1.54) is 0 Å². The lowest BCUT2D eigenvalue weighted by Gasteiger charge is -2.27. The molecule has 7 heteroatoms. The van der Waals surface area contributed by atoms with Crippen LogP contribution >= 0.6 is 12.4 Å². The zero-order valence-electron chi connectivity index (χ0n) is 12.2. The number of ether oxygens (including phenoxy) is 1. The third kappa shape index (κ3) is 4.19. The standard InChI is InChI=1S/C15H19N3O3.ClH/c19-5-1-2-12-7-15(21-18-12)11-6-14(9-16-8-11)20-10-13-3-4-17-13;/h6-9,13,17,19H,1-5,10H2;1H/t13-;/m0./s1. The number of hydrogen-bond acceptors (Lipinski definition) is 6. The molecule has 0 aliphatic carbocycles. The van der Waals surface area contributed by atoms with E-state index in [9.17, 15) is 0 Å². The number of nitrogens with zero attached hydrogens (tertiary/aromatic N) is 2. The SMILES string of the molecule is Cl.OCCCc1cc(-c2cncc(OC[C@@H]3CCN3)c2)on1. The van der Waals surface area contributed by atoms with Crippen LogP contribution in [0.25, 0.3) is 11.3 Å². The predicted octanol–water partition coefficient (Wildman–Crippen LogP) is 1.82. The van der Waals surface area contributed by atoms with E-state index in [-0.39, 0.29) is 19.0 Å². The van der Waals surface area contributed by atoms with Crippen molar-refractivity contribution in [2.24, 2.45) is 0 Å². The van der Waals surface area contributed by atoms with Crippen LogP contribution in [0.15, 0.2) is 29.0 Å². The molecule has 6 nitrogen and oxygen atoms in total. The van der Waals surface area contributed by atoms with E-state index in [0.29, 0.717) is 31.3 Å². The van der Waals surface area contributed by atoms with Gasteiger partial charge in [0, 0.05) is 30.5 Å². The number of halogens is 1. The van der Waals surface area contributed by atoms with Gasteiger partial charge < -0.3 is 19.7 Å². The largest absolute Gasteiger partial charge is 0.490 e. The van der Waals surface area contributed by atoms with Crippen LogP contribution in [0.2, 0.25) is 0 Å². The zero-order chi connectivity index (χ0) is 14.5. The first-order chi connectivity index (χ1) is 10.3. The van der Waals surface area contributed by atoms with Gasteiger partial charge in [0.2, 0.25) is 0 Å². The molecular formula is C15H20ClN3O3. The first-order valence-corrected chi connectivity index (χ1v) is 7.23. The van der Waals surface area contributed by atoms with E-state index in [1.54, 1.807) is 12.4 Å². The molecule has 0 spiro atoms. The lowest BCUT2D eigenvalue weighted by atomic mass is 10.1. The smallest absolute Gasteiger partial charge is 0.168 e. The third-order valence-electron chi connectivity index (χ3n) is 3.52. The molecule has 1 saturated heterocycles. The Morgan fingerprint density at radius 1 is 1.36 bits per heavy atom. The number of nitrogens with one attached hydrogen (secondary N) is 1. The van der Waals surface area contributed by atoms with E-state index >= 15 is 0 Å². The fourth-order valence-electron chi connectivity index (χ4n) is 2.15. The molecule has 1 aliphatic heterocycles. The summed E-state index contributed by atoms with van der Waals surface area (Å²) in [6.45, 7) is 1.88. The summed E-state index contributed by atoms with van der Waals surface area (Å²) < 4.78 is 11.0. The monoisotopic (exact) mass is 325 g/mol. The first-order valence-electron chi connectivity index (χ1n) is 7.23. The van der Waals surface area contributed by atoms with Gasteiger partial charge in [0.05, 0.1) is 11.9 Å². The van der Waals surface area contributed by atoms with E-state index in [2.05, 4.69) is 15.5 Å². The average Bonchev–Trinajstić information content (AvgIpc) is 2.93. The molecule has 0 saturated carbocycles. The number of rotatable bonds is 7. The maximum absolute atomic E-state index is 8.83. The van der Waals surface area contributed by atoms with Gasteiger partial charge in [-0.3, -0.25) is 4.98 Å². The van der Waals surface area contributed by atoms with Crippen LogP contribution in [-0.2, 0) is 6.42 Å². The molecule has 2 aromatic rings. The zero-order valence-corrected chi connectivity index (χ0v) is 13.0. The molecule has 22 heavy (non-hydrogen) atoms. The van der Waals surface area contributed by atoms with Crippen molar-refractivity contribution in [2.75, 3.05) is 19.8 Å². The number of aryl methyl sites for hydroxylation is 1. The molecule has 0 aromatic carbocycles. The summed E-state index contributed by atoms with van der Waals surface area (Å²) in [6.07, 6.45) is 5.97. The lowest BCUT2D eigenvalue weighted by molar-refractivity contribution is 0.217. The predicted molar refractivity (Wildman–Crippen MR) is 84.3 cm³/mol. The maximum atomic E-state index is 8.83. The van der Waals surface area contributed by atoms with Gasteiger partial charge in [0.1, 0.15) is 12.4 Å². The Hall–Kier alpha value is -1.63. The molecule has 1 atom stereocenters. The van der Waals surface area contributed by atoms with Crippen LogP contribution in [0.3, 0.4) is 0 Å². The van der Waals surface area contributed by atoms with Crippen LogP contribution in [0.4, 0.5) is 0 Å². The number of aromatic nitrogens is 2. The minimum Gasteiger partial charge on any atom is -0.490 e. The molecule has 2 N–H and O–H groups in total. The van der Waals surface area contributed by atoms with Gasteiger partial charge in [0.15, 0.2) is 5.76 Å². The highest BCUT2D eigenvalue weighted by Crippen LogP contribution is 2.24. The van der Waals surface area contributed by atoms with E-state index in [0.717, 1.165) is 30.0 Å². The fraction of sp³-hybridized carbons (Fsp3) is 0.467. The number of aliphatic hydroxyl groups is 1. The van der Waals surface area contributed by atoms with Gasteiger partial charge >= 0.3 is 0 Å². The molecule has 3 rings (SSSR count). The van der Waals surface area contributed by atoms with Gasteiger partial charge in [-0.2, -0.15) is 0 Å². The van der Waals surface area contributed by atoms with Crippen molar-refractivity contribution in [3.05, 3.63) is 30.2 Å². The van der Waals surface area contributed by atoms with Gasteiger partial charge in [-0.1, -0.05) is 5.16 Å². The lowest BCUT2D eigenvalue weighted by Crippen LogP contribution is -2.46. The third-order valence-corrected chi connectivity index (χ3v) is 3.52. The van der Waals surface area contributed by atoms with Crippen molar-refractivity contribution >= 4 is 12.4 Å². The van der Waals surface area contributed by atoms with E-state index in [1.807, 2.05) is 12.1 Å². The summed E-state index contributed by atoms with van der Waals surface area (Å²) in [5.74, 6) is 1.40. The van der Waals surface area contributed by atoms with Crippen LogP contribution in [0, 0.1) is 0 Å². The maximum Gasteiger partial charge on any atom is 0.168 e. The first kappa shape index (κ1) is 16.7. The number of hydrogen-bond donors (Lipinski definition) is 2. The highest BCUT2D eigenvalue weighted by Gasteiger charge is 2.17. The Labute approximate surface area is 135 Å². The van der Waals surface area contributed by atoms with Crippen molar-refractivity contribution in [2.45, 2.75) is 25.3 Å². The molecule has 2 aromatic heterocycles. The van der Waals surface area contributed by atoms with Crippen molar-refractivity contribution < 1.29 is 14.4 Å². The van der Waals surface area contributed by atoms with Crippen LogP contribution in [-0.4, -0.2) is 41.0 Å². The van der Waals surface area contributed by atoms with Gasteiger partial charge in [-0.05, 0) is 31.9 Å². The van der Waals surface area contributed by atoms with E-state index in [4.69, 9.17) is 14.4 Å². The number of aliphatic hydroxyl groups excluding tert-OH is 1. The topological polar surface area (TPSA) is 80.4 Å². The van der Waals surface area contributed by atoms with Crippen LogP contribution in [0.5, 0.6) is 5.75 Å². The Bertz CT molecular complexity index is 587. The van der Waals surface area contributed by atoms with E-state index < -0.39 is 0 Å². The second-order valence-corrected chi connectivity index (χ2v) is 5.17. The Balaban J connectivity index is 0.00000176. The Morgan fingerprint density at radius 3 is 2.95 bits per heavy atom. The summed E-state index contributed by atoms with van der Waals surface area (Å²) in [5, 5.41) is 16.1. The summed E-state index contributed by atoms with van der Waals surface area (Å²) in [5.41, 5.74) is 1.68. The van der Waals surface area contributed by atoms with Crippen LogP contribution in [0.1, 0.15) is 18.5 Å². The highest BCUT2D eigenvalue weighted by molar-refractivity contribution is 5.85. The van der Waals surface area contributed by atoms with Gasteiger partial charge in [-0.15, -0.1) is 12.4 Å². The molecule has 1 fully saturated rings. The minimum atomic E-state index is 0. The molecule has 0 bridgehead atoms. The summed E-state index contributed by atoms with van der Waals surface area (Å²) in [7, 11) is 0. The second-order valence-electron chi connectivity index (χ2n) is 5.17. The quantitative estimate of drug-likeness (QED) is 0.808. The Morgan fingerprint density at radius 2 is 2.23 bits per heavy atom. The second kappa shape index (κ2) is 8.12. The molecule has 1 aliphatic rings. The van der Waals surface area contributed by atoms with Gasteiger partial charge in [0.25, 0.3) is 0 Å². The van der Waals surface area contributed by atoms with Crippen molar-refractivity contribution in [1.82, 2.24) is 15.5 Å². The van der Waals surface area contributed by atoms with Crippen molar-refractivity contribution in [1.29, 1.82) is 0 Å². The average molecular weight is 326 g/mol. The number of pyridine rings is 1. The Kier molecular flexibility index (Phi) is 6.18. The molecule has 0 amide bonds. The fourth-order valence-corrected chi connectivity index (χ4v) is 2.15. The van der Waals surface area contributed by atoms with Crippen molar-refractivity contribution in [3.63, 3.8) is 0 Å². The summed E-state index contributed by atoms with van der Waals surface area (Å²) in [4.78, 5) is 4.18.